The standard InChI is InChI=1S/C18H23NO2S/c1-14(2)11-16(17-9-6-10-22-17)19-18(20)13-21-12-15-7-4-3-5-8-15/h3-10,14,16H,11-13H2,1-2H3,(H,19,20). The normalized spacial score (nSPS) is 12.3. The van der Waals surface area contributed by atoms with E-state index in [0.717, 1.165) is 12.0 Å². The molecule has 4 heteroatoms. The quantitative estimate of drug-likeness (QED) is 0.793. The first-order valence-corrected chi connectivity index (χ1v) is 8.47. The molecular weight excluding hydrogens is 294 g/mol. The maximum absolute atomic E-state index is 12.1. The smallest absolute Gasteiger partial charge is 0.246 e. The van der Waals surface area contributed by atoms with E-state index in [-0.39, 0.29) is 18.6 Å². The molecule has 0 bridgehead atoms. The lowest BCUT2D eigenvalue weighted by Gasteiger charge is -2.19. The molecule has 0 saturated heterocycles. The summed E-state index contributed by atoms with van der Waals surface area (Å²) in [5.41, 5.74) is 1.08. The maximum Gasteiger partial charge on any atom is 0.246 e. The molecule has 2 aromatic rings. The lowest BCUT2D eigenvalue weighted by atomic mass is 10.0. The summed E-state index contributed by atoms with van der Waals surface area (Å²) in [7, 11) is 0. The largest absolute Gasteiger partial charge is 0.367 e. The number of ether oxygens (including phenoxy) is 1. The Morgan fingerprint density at radius 2 is 1.95 bits per heavy atom. The van der Waals surface area contributed by atoms with Gasteiger partial charge in [0.1, 0.15) is 6.61 Å². The second-order valence-electron chi connectivity index (χ2n) is 5.74. The van der Waals surface area contributed by atoms with Gasteiger partial charge in [-0.1, -0.05) is 50.2 Å². The van der Waals surface area contributed by atoms with Crippen molar-refractivity contribution in [2.45, 2.75) is 32.9 Å². The molecule has 1 unspecified atom stereocenters. The fourth-order valence-corrected chi connectivity index (χ4v) is 3.07. The van der Waals surface area contributed by atoms with Crippen LogP contribution in [0.2, 0.25) is 0 Å². The summed E-state index contributed by atoms with van der Waals surface area (Å²) in [4.78, 5) is 13.3. The minimum Gasteiger partial charge on any atom is -0.367 e. The Morgan fingerprint density at radius 3 is 2.59 bits per heavy atom. The minimum atomic E-state index is -0.0602. The molecule has 0 aliphatic carbocycles. The van der Waals surface area contributed by atoms with Gasteiger partial charge in [0.05, 0.1) is 12.6 Å². The SMILES string of the molecule is CC(C)CC(NC(=O)COCc1ccccc1)c1cccs1. The van der Waals surface area contributed by atoms with Crippen LogP contribution in [0.4, 0.5) is 0 Å². The van der Waals surface area contributed by atoms with Crippen molar-refractivity contribution in [1.29, 1.82) is 0 Å². The molecule has 1 amide bonds. The third kappa shape index (κ3) is 5.62. The van der Waals surface area contributed by atoms with Crippen LogP contribution in [0.3, 0.4) is 0 Å². The summed E-state index contributed by atoms with van der Waals surface area (Å²) in [5.74, 6) is 0.465. The average Bonchev–Trinajstić information content (AvgIpc) is 3.01. The van der Waals surface area contributed by atoms with Gasteiger partial charge in [-0.15, -0.1) is 11.3 Å². The molecule has 0 radical (unpaired) electrons. The van der Waals surface area contributed by atoms with Crippen LogP contribution in [0.5, 0.6) is 0 Å². The van der Waals surface area contributed by atoms with Crippen LogP contribution in [0.1, 0.15) is 36.8 Å². The molecule has 1 aromatic carbocycles. The lowest BCUT2D eigenvalue weighted by Crippen LogP contribution is -2.32. The van der Waals surface area contributed by atoms with E-state index in [1.807, 2.05) is 41.8 Å². The highest BCUT2D eigenvalue weighted by Crippen LogP contribution is 2.25. The molecule has 0 spiro atoms. The first-order valence-electron chi connectivity index (χ1n) is 7.59. The third-order valence-electron chi connectivity index (χ3n) is 3.27. The van der Waals surface area contributed by atoms with Crippen LogP contribution in [0, 0.1) is 5.92 Å². The van der Waals surface area contributed by atoms with E-state index < -0.39 is 0 Å². The van der Waals surface area contributed by atoms with Gasteiger partial charge in [-0.25, -0.2) is 0 Å². The molecule has 22 heavy (non-hydrogen) atoms. The molecule has 0 fully saturated rings. The van der Waals surface area contributed by atoms with Gasteiger partial charge in [0.15, 0.2) is 0 Å². The van der Waals surface area contributed by atoms with Gasteiger partial charge in [0.25, 0.3) is 0 Å². The Balaban J connectivity index is 1.81. The Hall–Kier alpha value is -1.65. The van der Waals surface area contributed by atoms with Gasteiger partial charge in [-0.05, 0) is 29.3 Å². The number of carbonyl (C=O) groups excluding carboxylic acids is 1. The van der Waals surface area contributed by atoms with Crippen LogP contribution in [-0.2, 0) is 16.1 Å². The highest BCUT2D eigenvalue weighted by atomic mass is 32.1. The number of benzene rings is 1. The summed E-state index contributed by atoms with van der Waals surface area (Å²) in [6, 6.07) is 14.0. The molecule has 2 rings (SSSR count). The van der Waals surface area contributed by atoms with E-state index in [1.165, 1.54) is 4.88 Å². The second-order valence-corrected chi connectivity index (χ2v) is 6.72. The molecule has 0 aliphatic rings. The lowest BCUT2D eigenvalue weighted by molar-refractivity contribution is -0.127. The van der Waals surface area contributed by atoms with Gasteiger partial charge in [0.2, 0.25) is 5.91 Å². The van der Waals surface area contributed by atoms with Crippen molar-refractivity contribution in [2.24, 2.45) is 5.92 Å². The molecule has 0 aliphatic heterocycles. The minimum absolute atomic E-state index is 0.0602. The molecule has 118 valence electrons. The van der Waals surface area contributed by atoms with E-state index >= 15 is 0 Å². The van der Waals surface area contributed by atoms with Crippen LogP contribution >= 0.6 is 11.3 Å². The number of thiophene rings is 1. The Kier molecular flexibility index (Phi) is 6.62. The number of nitrogens with one attached hydrogen (secondary N) is 1. The second kappa shape index (κ2) is 8.71. The average molecular weight is 317 g/mol. The van der Waals surface area contributed by atoms with E-state index in [9.17, 15) is 4.79 Å². The Labute approximate surface area is 136 Å². The number of carbonyl (C=O) groups is 1. The highest BCUT2D eigenvalue weighted by Gasteiger charge is 2.17. The van der Waals surface area contributed by atoms with E-state index in [0.29, 0.717) is 12.5 Å². The topological polar surface area (TPSA) is 38.3 Å². The van der Waals surface area contributed by atoms with Crippen LogP contribution < -0.4 is 5.32 Å². The molecule has 1 atom stereocenters. The third-order valence-corrected chi connectivity index (χ3v) is 4.26. The molecule has 0 saturated carbocycles. The van der Waals surface area contributed by atoms with Gasteiger partial charge < -0.3 is 10.1 Å². The fourth-order valence-electron chi connectivity index (χ4n) is 2.28. The number of hydrogen-bond acceptors (Lipinski definition) is 3. The van der Waals surface area contributed by atoms with Crippen LogP contribution in [0.15, 0.2) is 47.8 Å². The van der Waals surface area contributed by atoms with Crippen LogP contribution in [-0.4, -0.2) is 12.5 Å². The monoisotopic (exact) mass is 317 g/mol. The van der Waals surface area contributed by atoms with Crippen molar-refractivity contribution in [1.82, 2.24) is 5.32 Å². The van der Waals surface area contributed by atoms with Gasteiger partial charge in [-0.3, -0.25) is 4.79 Å². The first-order chi connectivity index (χ1) is 10.6. The molecule has 1 heterocycles. The van der Waals surface area contributed by atoms with Crippen LogP contribution in [0.25, 0.3) is 0 Å². The fraction of sp³-hybridized carbons (Fsp3) is 0.389. The van der Waals surface area contributed by atoms with Gasteiger partial charge >= 0.3 is 0 Å². The molecule has 1 N–H and O–H groups in total. The number of rotatable bonds is 8. The van der Waals surface area contributed by atoms with Crippen molar-refractivity contribution >= 4 is 17.2 Å². The highest BCUT2D eigenvalue weighted by molar-refractivity contribution is 7.10. The van der Waals surface area contributed by atoms with Gasteiger partial charge in [0, 0.05) is 4.88 Å². The van der Waals surface area contributed by atoms with E-state index in [1.54, 1.807) is 11.3 Å². The zero-order valence-electron chi connectivity index (χ0n) is 13.1. The van der Waals surface area contributed by atoms with Crippen molar-refractivity contribution in [2.75, 3.05) is 6.61 Å². The van der Waals surface area contributed by atoms with Crippen molar-refractivity contribution in [3.05, 3.63) is 58.3 Å². The summed E-state index contributed by atoms with van der Waals surface area (Å²) < 4.78 is 5.50. The predicted octanol–water partition coefficient (Wildman–Crippen LogP) is 4.17. The maximum atomic E-state index is 12.1. The van der Waals surface area contributed by atoms with E-state index in [4.69, 9.17) is 4.74 Å². The first kappa shape index (κ1) is 16.7. The van der Waals surface area contributed by atoms with E-state index in [2.05, 4.69) is 25.2 Å². The zero-order chi connectivity index (χ0) is 15.8. The molecule has 1 aromatic heterocycles. The Bertz CT molecular complexity index is 552. The molecule has 3 nitrogen and oxygen atoms in total. The summed E-state index contributed by atoms with van der Waals surface area (Å²) >= 11 is 1.68. The summed E-state index contributed by atoms with van der Waals surface area (Å²) in [5, 5.41) is 5.13. The number of hydrogen-bond donors (Lipinski definition) is 1. The predicted molar refractivity (Wildman–Crippen MR) is 90.8 cm³/mol. The number of amides is 1. The summed E-state index contributed by atoms with van der Waals surface area (Å²) in [6.45, 7) is 4.88. The van der Waals surface area contributed by atoms with Gasteiger partial charge in [-0.2, -0.15) is 0 Å². The van der Waals surface area contributed by atoms with Crippen molar-refractivity contribution < 1.29 is 9.53 Å². The molecular formula is C18H23NO2S. The summed E-state index contributed by atoms with van der Waals surface area (Å²) in [6.07, 6.45) is 0.935. The zero-order valence-corrected chi connectivity index (χ0v) is 13.9. The van der Waals surface area contributed by atoms with Crippen molar-refractivity contribution in [3.63, 3.8) is 0 Å². The van der Waals surface area contributed by atoms with Crippen molar-refractivity contribution in [3.8, 4) is 0 Å². The Morgan fingerprint density at radius 1 is 1.18 bits per heavy atom.